The minimum Gasteiger partial charge on any atom is -0.384 e. The van der Waals surface area contributed by atoms with Crippen molar-refractivity contribution in [2.45, 2.75) is 57.3 Å². The fraction of sp³-hybridized carbons (Fsp3) is 0.382. The van der Waals surface area contributed by atoms with Crippen LogP contribution >= 0.6 is 0 Å². The Balaban J connectivity index is 1.43. The molecule has 0 aromatic heterocycles. The highest BCUT2D eigenvalue weighted by Gasteiger charge is 2.33. The Hall–Kier alpha value is -3.15. The third-order valence-electron chi connectivity index (χ3n) is 7.79. The number of Topliss-reactive ketones (excluding diaryl/α,β-unsaturated/α-hetero) is 1. The topological polar surface area (TPSA) is 26.3 Å². The second kappa shape index (κ2) is 13.2. The lowest BCUT2D eigenvalue weighted by Gasteiger charge is -2.34. The van der Waals surface area contributed by atoms with Gasteiger partial charge in [0.15, 0.2) is 0 Å². The van der Waals surface area contributed by atoms with Crippen molar-refractivity contribution in [1.29, 1.82) is 0 Å². The first-order valence-electron chi connectivity index (χ1n) is 13.4. The van der Waals surface area contributed by atoms with Gasteiger partial charge >= 0.3 is 0 Å². The fourth-order valence-corrected chi connectivity index (χ4v) is 5.70. The van der Waals surface area contributed by atoms with Crippen LogP contribution in [0.3, 0.4) is 0 Å². The lowest BCUT2D eigenvalue weighted by atomic mass is 9.70. The van der Waals surface area contributed by atoms with E-state index in [1.54, 1.807) is 7.11 Å². The van der Waals surface area contributed by atoms with E-state index in [4.69, 9.17) is 11.2 Å². The molecule has 1 aliphatic rings. The van der Waals surface area contributed by atoms with Gasteiger partial charge in [-0.1, -0.05) is 72.7 Å². The van der Waals surface area contributed by atoms with Crippen LogP contribution in [0.25, 0.3) is 0 Å². The first-order valence-corrected chi connectivity index (χ1v) is 13.4. The van der Waals surface area contributed by atoms with E-state index in [0.29, 0.717) is 30.6 Å². The molecule has 0 saturated heterocycles. The monoisotopic (exact) mass is 478 g/mol. The summed E-state index contributed by atoms with van der Waals surface area (Å²) in [5.41, 5.74) is 5.98. The Kier molecular flexibility index (Phi) is 9.54. The number of ketones is 1. The number of hydrogen-bond acceptors (Lipinski definition) is 2. The number of terminal acetylenes is 1. The summed E-state index contributed by atoms with van der Waals surface area (Å²) in [6.45, 7) is 0.717. The largest absolute Gasteiger partial charge is 0.384 e. The smallest absolute Gasteiger partial charge is 0.140 e. The standard InChI is InChI=1S/C34H38O2/c1-3-26-9-11-29(12-10-26)25-30-15-20-32(21-16-30)34(31-18-13-28(14-19-31)23-24-36-2)33(35)22-17-27-7-5-4-6-8-27/h1,4-14,18-19,30,32,34H,15-17,20-25H2,2H3. The van der Waals surface area contributed by atoms with Gasteiger partial charge in [0.1, 0.15) is 5.78 Å². The Bertz CT molecular complexity index is 1110. The van der Waals surface area contributed by atoms with Crippen LogP contribution in [0.1, 0.15) is 65.8 Å². The normalized spacial score (nSPS) is 18.3. The molecule has 3 aromatic carbocycles. The van der Waals surface area contributed by atoms with Crippen LogP contribution in [-0.2, 0) is 28.8 Å². The quantitative estimate of drug-likeness (QED) is 0.273. The molecule has 0 bridgehead atoms. The molecule has 1 unspecified atom stereocenters. The summed E-state index contributed by atoms with van der Waals surface area (Å²) in [6, 6.07) is 27.5. The van der Waals surface area contributed by atoms with E-state index in [1.807, 2.05) is 18.2 Å². The molecule has 4 rings (SSSR count). The van der Waals surface area contributed by atoms with Crippen molar-refractivity contribution in [2.75, 3.05) is 13.7 Å². The first kappa shape index (κ1) is 25.9. The molecule has 0 aliphatic heterocycles. The molecule has 1 fully saturated rings. The molecule has 36 heavy (non-hydrogen) atoms. The van der Waals surface area contributed by atoms with E-state index in [2.05, 4.69) is 66.6 Å². The molecule has 0 N–H and O–H groups in total. The van der Waals surface area contributed by atoms with Gasteiger partial charge in [-0.3, -0.25) is 4.79 Å². The van der Waals surface area contributed by atoms with Gasteiger partial charge in [-0.05, 0) is 91.2 Å². The lowest BCUT2D eigenvalue weighted by Crippen LogP contribution is -2.27. The average molecular weight is 479 g/mol. The molecule has 0 radical (unpaired) electrons. The van der Waals surface area contributed by atoms with E-state index in [1.165, 1.54) is 35.1 Å². The van der Waals surface area contributed by atoms with Crippen LogP contribution in [0.15, 0.2) is 78.9 Å². The Labute approximate surface area is 217 Å². The highest BCUT2D eigenvalue weighted by Crippen LogP contribution is 2.40. The summed E-state index contributed by atoms with van der Waals surface area (Å²) in [7, 11) is 1.73. The minimum atomic E-state index is -0.0129. The van der Waals surface area contributed by atoms with Crippen molar-refractivity contribution in [3.8, 4) is 12.3 Å². The molecule has 186 valence electrons. The van der Waals surface area contributed by atoms with Gasteiger partial charge in [0.2, 0.25) is 0 Å². The molecule has 0 spiro atoms. The number of carbonyl (C=O) groups is 1. The van der Waals surface area contributed by atoms with Crippen molar-refractivity contribution in [3.05, 3.63) is 107 Å². The van der Waals surface area contributed by atoms with E-state index in [-0.39, 0.29) is 5.92 Å². The molecule has 0 heterocycles. The van der Waals surface area contributed by atoms with Gasteiger partial charge in [0.25, 0.3) is 0 Å². The molecule has 3 aromatic rings. The molecule has 1 aliphatic carbocycles. The van der Waals surface area contributed by atoms with Gasteiger partial charge < -0.3 is 4.74 Å². The predicted molar refractivity (Wildman–Crippen MR) is 148 cm³/mol. The summed E-state index contributed by atoms with van der Waals surface area (Å²) >= 11 is 0. The van der Waals surface area contributed by atoms with Crippen molar-refractivity contribution in [2.24, 2.45) is 11.8 Å². The molecular formula is C34H38O2. The molecular weight excluding hydrogens is 440 g/mol. The number of carbonyl (C=O) groups excluding carboxylic acids is 1. The molecule has 0 amide bonds. The fourth-order valence-electron chi connectivity index (χ4n) is 5.70. The van der Waals surface area contributed by atoms with Gasteiger partial charge in [0, 0.05) is 25.0 Å². The number of hydrogen-bond donors (Lipinski definition) is 0. The van der Waals surface area contributed by atoms with Crippen LogP contribution in [0.2, 0.25) is 0 Å². The maximum atomic E-state index is 13.7. The van der Waals surface area contributed by atoms with Gasteiger partial charge in [-0.25, -0.2) is 0 Å². The highest BCUT2D eigenvalue weighted by molar-refractivity contribution is 5.86. The summed E-state index contributed by atoms with van der Waals surface area (Å²) in [5, 5.41) is 0. The van der Waals surface area contributed by atoms with Crippen molar-refractivity contribution >= 4 is 5.78 Å². The Morgan fingerprint density at radius 1 is 0.861 bits per heavy atom. The van der Waals surface area contributed by atoms with E-state index >= 15 is 0 Å². The molecule has 1 atom stereocenters. The lowest BCUT2D eigenvalue weighted by molar-refractivity contribution is -0.122. The molecule has 2 heteroatoms. The minimum absolute atomic E-state index is 0.0129. The van der Waals surface area contributed by atoms with Crippen LogP contribution in [0, 0.1) is 24.2 Å². The van der Waals surface area contributed by atoms with Crippen LogP contribution < -0.4 is 0 Å². The average Bonchev–Trinajstić information content (AvgIpc) is 2.93. The molecule has 1 saturated carbocycles. The van der Waals surface area contributed by atoms with Crippen molar-refractivity contribution in [1.82, 2.24) is 0 Å². The SMILES string of the molecule is C#Cc1ccc(CC2CCC(C(C(=O)CCc3ccccc3)c3ccc(CCOC)cc3)CC2)cc1. The van der Waals surface area contributed by atoms with Crippen LogP contribution in [0.5, 0.6) is 0 Å². The maximum Gasteiger partial charge on any atom is 0.140 e. The number of benzene rings is 3. The summed E-state index contributed by atoms with van der Waals surface area (Å²) in [5.74, 6) is 4.16. The maximum absolute atomic E-state index is 13.7. The second-order valence-corrected chi connectivity index (χ2v) is 10.2. The van der Waals surface area contributed by atoms with E-state index < -0.39 is 0 Å². The van der Waals surface area contributed by atoms with E-state index in [0.717, 1.165) is 37.7 Å². The van der Waals surface area contributed by atoms with Crippen molar-refractivity contribution < 1.29 is 9.53 Å². The Morgan fingerprint density at radius 3 is 2.14 bits per heavy atom. The first-order chi connectivity index (χ1) is 17.7. The van der Waals surface area contributed by atoms with Gasteiger partial charge in [-0.2, -0.15) is 0 Å². The van der Waals surface area contributed by atoms with Gasteiger partial charge in [-0.15, -0.1) is 6.42 Å². The predicted octanol–water partition coefficient (Wildman–Crippen LogP) is 7.19. The van der Waals surface area contributed by atoms with Crippen LogP contribution in [0.4, 0.5) is 0 Å². The summed E-state index contributed by atoms with van der Waals surface area (Å²) in [4.78, 5) is 13.7. The van der Waals surface area contributed by atoms with Crippen molar-refractivity contribution in [3.63, 3.8) is 0 Å². The molecule has 2 nitrogen and oxygen atoms in total. The summed E-state index contributed by atoms with van der Waals surface area (Å²) in [6.07, 6.45) is 13.5. The zero-order chi connectivity index (χ0) is 25.2. The zero-order valence-corrected chi connectivity index (χ0v) is 21.5. The number of aryl methyl sites for hydroxylation is 1. The van der Waals surface area contributed by atoms with E-state index in [9.17, 15) is 4.79 Å². The number of rotatable bonds is 11. The third kappa shape index (κ3) is 7.19. The Morgan fingerprint density at radius 2 is 1.50 bits per heavy atom. The van der Waals surface area contributed by atoms with Crippen LogP contribution in [-0.4, -0.2) is 19.5 Å². The number of methoxy groups -OCH3 is 1. The highest BCUT2D eigenvalue weighted by atomic mass is 16.5. The zero-order valence-electron chi connectivity index (χ0n) is 21.5. The number of ether oxygens (including phenoxy) is 1. The van der Waals surface area contributed by atoms with Gasteiger partial charge in [0.05, 0.1) is 6.61 Å². The third-order valence-corrected chi connectivity index (χ3v) is 7.79. The second-order valence-electron chi connectivity index (χ2n) is 10.2. The summed E-state index contributed by atoms with van der Waals surface area (Å²) < 4.78 is 5.23.